The molecule has 2 aliphatic heterocycles. The first-order chi connectivity index (χ1) is 19.9. The van der Waals surface area contributed by atoms with Gasteiger partial charge in [-0.3, -0.25) is 9.69 Å². The Bertz CT molecular complexity index is 1480. The third kappa shape index (κ3) is 5.21. The van der Waals surface area contributed by atoms with Crippen LogP contribution in [0.2, 0.25) is 0 Å². The number of aliphatic carboxylic acids is 1. The summed E-state index contributed by atoms with van der Waals surface area (Å²) >= 11 is 0. The fraction of sp³-hybridized carbons (Fsp3) is 0.471. The van der Waals surface area contributed by atoms with Crippen LogP contribution in [-0.2, 0) is 17.8 Å². The maximum atomic E-state index is 15.1. The number of carboxylic acids is 1. The van der Waals surface area contributed by atoms with Gasteiger partial charge in [-0.2, -0.15) is 0 Å². The minimum Gasteiger partial charge on any atom is -0.485 e. The minimum absolute atomic E-state index is 0.00610. The zero-order valence-corrected chi connectivity index (χ0v) is 23.7. The molecular formula is C34H37FN2O4. The number of rotatable bonds is 9. The van der Waals surface area contributed by atoms with E-state index in [1.165, 1.54) is 18.2 Å². The number of methoxy groups -OCH3 is 1. The highest BCUT2D eigenvalue weighted by Gasteiger charge is 2.45. The summed E-state index contributed by atoms with van der Waals surface area (Å²) in [6, 6.07) is 14.3. The second-order valence-electron chi connectivity index (χ2n) is 12.6. The fourth-order valence-electron chi connectivity index (χ4n) is 7.22. The number of carboxylic acid groups (broad SMARTS) is 1. The molecule has 0 spiro atoms. The Hall–Kier alpha value is -3.45. The topological polar surface area (TPSA) is 71.9 Å². The van der Waals surface area contributed by atoms with Crippen molar-refractivity contribution < 1.29 is 23.8 Å². The van der Waals surface area contributed by atoms with Crippen molar-refractivity contribution in [1.29, 1.82) is 0 Å². The van der Waals surface area contributed by atoms with Crippen LogP contribution in [0.1, 0.15) is 66.9 Å². The van der Waals surface area contributed by atoms with Gasteiger partial charge in [-0.1, -0.05) is 37.3 Å². The Balaban J connectivity index is 1.19. The Kier molecular flexibility index (Phi) is 6.73. The quantitative estimate of drug-likeness (QED) is 0.319. The van der Waals surface area contributed by atoms with Crippen LogP contribution in [0.25, 0.3) is 11.1 Å². The monoisotopic (exact) mass is 556 g/mol. The van der Waals surface area contributed by atoms with Gasteiger partial charge in [0.05, 0.1) is 19.2 Å². The first-order valence-electron chi connectivity index (χ1n) is 14.9. The summed E-state index contributed by atoms with van der Waals surface area (Å²) in [5.74, 6) is 1.78. The Morgan fingerprint density at radius 3 is 2.66 bits per heavy atom. The number of ether oxygens (including phenoxy) is 2. The highest BCUT2D eigenvalue weighted by molar-refractivity contribution is 5.71. The number of hydrogen-bond donors (Lipinski definition) is 1. The molecule has 0 radical (unpaired) electrons. The largest absolute Gasteiger partial charge is 0.485 e. The maximum absolute atomic E-state index is 15.1. The molecule has 2 aliphatic carbocycles. The summed E-state index contributed by atoms with van der Waals surface area (Å²) in [4.78, 5) is 18.4. The van der Waals surface area contributed by atoms with Crippen molar-refractivity contribution >= 4 is 5.97 Å². The molecule has 0 unspecified atom stereocenters. The summed E-state index contributed by atoms with van der Waals surface area (Å²) in [5, 5.41) is 9.75. The van der Waals surface area contributed by atoms with Crippen LogP contribution < -0.4 is 9.47 Å². The summed E-state index contributed by atoms with van der Waals surface area (Å²) in [6.45, 7) is 4.79. The van der Waals surface area contributed by atoms with Crippen molar-refractivity contribution in [2.75, 3.05) is 20.2 Å². The predicted octanol–water partition coefficient (Wildman–Crippen LogP) is 6.63. The Morgan fingerprint density at radius 2 is 1.93 bits per heavy atom. The van der Waals surface area contributed by atoms with Crippen LogP contribution >= 0.6 is 0 Å². The van der Waals surface area contributed by atoms with Gasteiger partial charge >= 0.3 is 5.97 Å². The number of aromatic nitrogens is 1. The van der Waals surface area contributed by atoms with Crippen molar-refractivity contribution in [2.45, 2.75) is 57.6 Å². The van der Waals surface area contributed by atoms with E-state index in [1.807, 2.05) is 13.0 Å². The molecule has 5 atom stereocenters. The van der Waals surface area contributed by atoms with Crippen LogP contribution in [0.15, 0.2) is 48.7 Å². The molecule has 1 N–H and O–H groups in total. The Labute approximate surface area is 240 Å². The summed E-state index contributed by atoms with van der Waals surface area (Å²) in [6.07, 6.45) is 6.37. The first-order valence-corrected chi connectivity index (χ1v) is 14.9. The van der Waals surface area contributed by atoms with Crippen LogP contribution in [0.5, 0.6) is 11.6 Å². The third-order valence-corrected chi connectivity index (χ3v) is 9.76. The molecule has 3 fully saturated rings. The van der Waals surface area contributed by atoms with E-state index in [1.54, 1.807) is 13.2 Å². The number of aryl methyl sites for hydroxylation is 1. The lowest BCUT2D eigenvalue weighted by molar-refractivity contribution is -0.142. The summed E-state index contributed by atoms with van der Waals surface area (Å²) in [5.41, 5.74) is 5.77. The average Bonchev–Trinajstić information content (AvgIpc) is 3.91. The molecule has 6 nitrogen and oxygen atoms in total. The highest BCUT2D eigenvalue weighted by Crippen LogP contribution is 2.49. The molecule has 2 aromatic carbocycles. The number of benzene rings is 2. The predicted molar refractivity (Wildman–Crippen MR) is 153 cm³/mol. The van der Waals surface area contributed by atoms with E-state index in [4.69, 9.17) is 9.47 Å². The molecule has 3 heterocycles. The van der Waals surface area contributed by atoms with Crippen molar-refractivity contribution in [3.63, 3.8) is 0 Å². The molecule has 41 heavy (non-hydrogen) atoms. The number of fused-ring (bicyclic) bond motifs is 2. The lowest BCUT2D eigenvalue weighted by atomic mass is 9.82. The molecule has 1 saturated heterocycles. The van der Waals surface area contributed by atoms with E-state index >= 15 is 4.39 Å². The lowest BCUT2D eigenvalue weighted by Crippen LogP contribution is -2.23. The second kappa shape index (κ2) is 10.4. The minimum atomic E-state index is -0.746. The molecular weight excluding hydrogens is 519 g/mol. The highest BCUT2D eigenvalue weighted by atomic mass is 19.1. The number of carbonyl (C=O) groups is 1. The number of hydrogen-bond acceptors (Lipinski definition) is 5. The van der Waals surface area contributed by atoms with Crippen molar-refractivity contribution in [3.8, 4) is 22.8 Å². The standard InChI is InChI=1S/C34H37FN2O4/c1-19(34(38)39)33(21-4-5-21)23-6-3-20-8-10-30(41-31(20)13-23)22-7-9-27(28-14-32(40-2)36-15-29(28)35)26(11-22)18-37-16-24-12-25(24)17-37/h3,6-7,9,11,13-15,19,21,24-25,30,33H,4-5,8,10,12,16-18H2,1-2H3,(H,38,39)/t19-,24-,25+,30+,33-/m0/s1. The number of pyridine rings is 1. The zero-order chi connectivity index (χ0) is 28.2. The van der Waals surface area contributed by atoms with Crippen LogP contribution in [0.3, 0.4) is 0 Å². The number of piperidine rings is 1. The first kappa shape index (κ1) is 26.4. The van der Waals surface area contributed by atoms with Crippen molar-refractivity contribution in [1.82, 2.24) is 9.88 Å². The van der Waals surface area contributed by atoms with Crippen molar-refractivity contribution in [2.24, 2.45) is 23.7 Å². The van der Waals surface area contributed by atoms with E-state index in [-0.39, 0.29) is 17.8 Å². The SMILES string of the molecule is COc1cc(-c2ccc([C@H]3CCc4ccc([C@H](C5CC5)[C@H](C)C(=O)O)cc4O3)cc2CN2C[C@H]3C[C@H]3C2)c(F)cn1. The van der Waals surface area contributed by atoms with Gasteiger partial charge in [0.15, 0.2) is 0 Å². The molecule has 0 amide bonds. The van der Waals surface area contributed by atoms with Gasteiger partial charge in [0.1, 0.15) is 17.7 Å². The van der Waals surface area contributed by atoms with Crippen LogP contribution in [-0.4, -0.2) is 41.2 Å². The zero-order valence-electron chi connectivity index (χ0n) is 23.7. The third-order valence-electron chi connectivity index (χ3n) is 9.76. The molecule has 7 heteroatoms. The number of halogens is 1. The molecule has 7 rings (SSSR count). The normalized spacial score (nSPS) is 24.6. The van der Waals surface area contributed by atoms with E-state index < -0.39 is 11.9 Å². The molecule has 1 aromatic heterocycles. The van der Waals surface area contributed by atoms with Crippen molar-refractivity contribution in [3.05, 3.63) is 76.7 Å². The Morgan fingerprint density at radius 1 is 1.12 bits per heavy atom. The van der Waals surface area contributed by atoms with Crippen LogP contribution in [0, 0.1) is 29.5 Å². The molecule has 214 valence electrons. The van der Waals surface area contributed by atoms with E-state index in [0.29, 0.717) is 17.4 Å². The fourth-order valence-corrected chi connectivity index (χ4v) is 7.22. The van der Waals surface area contributed by atoms with Gasteiger partial charge in [0.2, 0.25) is 5.88 Å². The van der Waals surface area contributed by atoms with Gasteiger partial charge in [0, 0.05) is 31.3 Å². The molecule has 3 aromatic rings. The van der Waals surface area contributed by atoms with E-state index in [9.17, 15) is 9.90 Å². The van der Waals surface area contributed by atoms with Crippen LogP contribution in [0.4, 0.5) is 4.39 Å². The smallest absolute Gasteiger partial charge is 0.306 e. The lowest BCUT2D eigenvalue weighted by Gasteiger charge is -2.29. The van der Waals surface area contributed by atoms with Gasteiger partial charge in [-0.25, -0.2) is 9.37 Å². The van der Waals surface area contributed by atoms with E-state index in [0.717, 1.165) is 85.2 Å². The number of nitrogens with zero attached hydrogens (tertiary/aromatic N) is 2. The van der Waals surface area contributed by atoms with Gasteiger partial charge in [0.25, 0.3) is 0 Å². The number of likely N-dealkylation sites (tertiary alicyclic amines) is 1. The van der Waals surface area contributed by atoms with Gasteiger partial charge in [-0.05, 0) is 89.7 Å². The summed E-state index contributed by atoms with van der Waals surface area (Å²) in [7, 11) is 1.55. The second-order valence-corrected chi connectivity index (χ2v) is 12.6. The van der Waals surface area contributed by atoms with Gasteiger partial charge < -0.3 is 14.6 Å². The molecule has 0 bridgehead atoms. The van der Waals surface area contributed by atoms with Gasteiger partial charge in [-0.15, -0.1) is 0 Å². The molecule has 2 saturated carbocycles. The summed E-state index contributed by atoms with van der Waals surface area (Å²) < 4.78 is 27.0. The maximum Gasteiger partial charge on any atom is 0.306 e. The average molecular weight is 557 g/mol. The molecule has 4 aliphatic rings. The van der Waals surface area contributed by atoms with E-state index in [2.05, 4.69) is 40.2 Å².